The van der Waals surface area contributed by atoms with Crippen LogP contribution in [0.5, 0.6) is 0 Å². The van der Waals surface area contributed by atoms with Gasteiger partial charge in [0.25, 0.3) is 0 Å². The molecule has 32 heavy (non-hydrogen) atoms. The number of aromatic nitrogens is 4. The quantitative estimate of drug-likeness (QED) is 0.162. The fourth-order valence-electron chi connectivity index (χ4n) is 3.81. The topological polar surface area (TPSA) is 60.4 Å². The minimum atomic E-state index is 0.539. The van der Waals surface area contributed by atoms with E-state index in [0.29, 0.717) is 11.8 Å². The Morgan fingerprint density at radius 3 is 1.34 bits per heavy atom. The van der Waals surface area contributed by atoms with Gasteiger partial charge in [0.05, 0.1) is 29.9 Å². The van der Waals surface area contributed by atoms with E-state index in [9.17, 15) is 0 Å². The molecule has 6 nitrogen and oxygen atoms in total. The van der Waals surface area contributed by atoms with Gasteiger partial charge in [0, 0.05) is 11.8 Å². The summed E-state index contributed by atoms with van der Waals surface area (Å²) in [7, 11) is 0. The Hall–Kier alpha value is -2.08. The number of hydrogen-bond acceptors (Lipinski definition) is 4. The van der Waals surface area contributed by atoms with Crippen LogP contribution in [0.1, 0.15) is 48.9 Å². The first-order valence-electron chi connectivity index (χ1n) is 10.8. The van der Waals surface area contributed by atoms with Gasteiger partial charge in [-0.3, -0.25) is 0 Å². The summed E-state index contributed by atoms with van der Waals surface area (Å²) in [5.74, 6) is 2.64. The second kappa shape index (κ2) is 8.36. The van der Waals surface area contributed by atoms with Crippen LogP contribution in [0.25, 0.3) is 11.4 Å². The minimum Gasteiger partial charge on any atom is -0.212 e. The molecular weight excluding hydrogens is 626 g/mol. The fraction of sp³-hybridized carbons (Fsp3) is 0.250. The van der Waals surface area contributed by atoms with Crippen molar-refractivity contribution in [2.45, 2.75) is 37.5 Å². The first kappa shape index (κ1) is 20.5. The molecule has 0 saturated heterocycles. The molecule has 0 aliphatic heterocycles. The third-order valence-electron chi connectivity index (χ3n) is 5.83. The van der Waals surface area contributed by atoms with E-state index in [1.165, 1.54) is 25.7 Å². The van der Waals surface area contributed by atoms with Gasteiger partial charge in [0.15, 0.2) is 11.6 Å². The van der Waals surface area contributed by atoms with Gasteiger partial charge in [-0.05, 0) is 95.1 Å². The van der Waals surface area contributed by atoms with Crippen molar-refractivity contribution < 1.29 is 0 Å². The Labute approximate surface area is 213 Å². The summed E-state index contributed by atoms with van der Waals surface area (Å²) in [6, 6.07) is 20.4. The number of para-hydroxylation sites is 2. The summed E-state index contributed by atoms with van der Waals surface area (Å²) in [6.07, 6.45) is 4.78. The molecule has 2 aromatic carbocycles. The number of benzene rings is 2. The SMILES string of the molecule is Ic1c(C2CC2)nn(-c2ccccc2)c1/N=N/c1c(I)c(C2CC2)nn1-c1ccccc1. The Kier molecular flexibility index (Phi) is 5.36. The predicted molar refractivity (Wildman–Crippen MR) is 141 cm³/mol. The molecule has 2 heterocycles. The van der Waals surface area contributed by atoms with Crippen LogP contribution in [0.3, 0.4) is 0 Å². The molecule has 0 spiro atoms. The van der Waals surface area contributed by atoms with Crippen LogP contribution < -0.4 is 0 Å². The van der Waals surface area contributed by atoms with Crippen molar-refractivity contribution in [1.82, 2.24) is 19.6 Å². The summed E-state index contributed by atoms with van der Waals surface area (Å²) < 4.78 is 6.02. The first-order chi connectivity index (χ1) is 15.7. The van der Waals surface area contributed by atoms with Gasteiger partial charge in [-0.25, -0.2) is 9.36 Å². The molecule has 2 saturated carbocycles. The number of halogens is 2. The Balaban J connectivity index is 1.47. The third kappa shape index (κ3) is 3.81. The predicted octanol–water partition coefficient (Wildman–Crippen LogP) is 7.44. The van der Waals surface area contributed by atoms with E-state index in [-0.39, 0.29) is 0 Å². The van der Waals surface area contributed by atoms with Crippen molar-refractivity contribution in [1.29, 1.82) is 0 Å². The maximum atomic E-state index is 4.93. The number of hydrogen-bond donors (Lipinski definition) is 0. The van der Waals surface area contributed by atoms with Crippen LogP contribution in [0, 0.1) is 7.14 Å². The van der Waals surface area contributed by atoms with Gasteiger partial charge >= 0.3 is 0 Å². The van der Waals surface area contributed by atoms with Crippen molar-refractivity contribution in [3.05, 3.63) is 79.2 Å². The van der Waals surface area contributed by atoms with Crippen molar-refractivity contribution in [2.75, 3.05) is 0 Å². The molecular formula is C24H20I2N6. The lowest BCUT2D eigenvalue weighted by molar-refractivity contribution is 0.819. The van der Waals surface area contributed by atoms with Gasteiger partial charge < -0.3 is 0 Å². The lowest BCUT2D eigenvalue weighted by Crippen LogP contribution is -1.97. The third-order valence-corrected chi connectivity index (χ3v) is 7.90. The van der Waals surface area contributed by atoms with E-state index < -0.39 is 0 Å². The summed E-state index contributed by atoms with van der Waals surface area (Å²) in [5.41, 5.74) is 4.26. The molecule has 2 fully saturated rings. The molecule has 0 bridgehead atoms. The average Bonchev–Trinajstić information content (AvgIpc) is 3.76. The van der Waals surface area contributed by atoms with Gasteiger partial charge in [-0.15, -0.1) is 10.2 Å². The van der Waals surface area contributed by atoms with Gasteiger partial charge in [0.1, 0.15) is 0 Å². The highest BCUT2D eigenvalue weighted by molar-refractivity contribution is 14.1. The first-order valence-corrected chi connectivity index (χ1v) is 13.0. The van der Waals surface area contributed by atoms with E-state index in [1.807, 2.05) is 45.8 Å². The Morgan fingerprint density at radius 2 is 1.00 bits per heavy atom. The van der Waals surface area contributed by atoms with Crippen LogP contribution in [0.2, 0.25) is 0 Å². The van der Waals surface area contributed by atoms with Crippen molar-refractivity contribution >= 4 is 56.8 Å². The molecule has 2 aliphatic rings. The van der Waals surface area contributed by atoms with E-state index in [1.54, 1.807) is 0 Å². The number of nitrogens with zero attached hydrogens (tertiary/aromatic N) is 6. The Morgan fingerprint density at radius 1 is 0.625 bits per heavy atom. The summed E-state index contributed by atoms with van der Waals surface area (Å²) in [6.45, 7) is 0. The van der Waals surface area contributed by atoms with Gasteiger partial charge in [-0.2, -0.15) is 10.2 Å². The standard InChI is InChI=1S/C24H20I2N6/c25-19-21(15-11-12-15)29-31(17-7-3-1-4-8-17)23(19)27-28-24-20(26)22(16-13-14-16)30-32(24)18-9-5-2-6-10-18/h1-10,15-16H,11-14H2/b28-27+. The molecule has 8 heteroatoms. The molecule has 0 atom stereocenters. The van der Waals surface area contributed by atoms with Crippen LogP contribution in [0.15, 0.2) is 70.9 Å². The molecule has 4 aromatic rings. The zero-order valence-electron chi connectivity index (χ0n) is 17.2. The van der Waals surface area contributed by atoms with Crippen LogP contribution >= 0.6 is 45.2 Å². The normalized spacial score (nSPS) is 16.2. The number of rotatable bonds is 6. The number of azo groups is 1. The van der Waals surface area contributed by atoms with Crippen molar-refractivity contribution in [3.8, 4) is 11.4 Å². The zero-order valence-corrected chi connectivity index (χ0v) is 21.5. The highest BCUT2D eigenvalue weighted by Gasteiger charge is 2.33. The van der Waals surface area contributed by atoms with Crippen LogP contribution in [-0.4, -0.2) is 19.6 Å². The Bertz CT molecular complexity index is 1200. The monoisotopic (exact) mass is 646 g/mol. The molecule has 6 rings (SSSR count). The largest absolute Gasteiger partial charge is 0.212 e. The van der Waals surface area contributed by atoms with Crippen molar-refractivity contribution in [2.24, 2.45) is 10.2 Å². The summed E-state index contributed by atoms with van der Waals surface area (Å²) in [5, 5.41) is 19.4. The second-order valence-electron chi connectivity index (χ2n) is 8.29. The van der Waals surface area contributed by atoms with Gasteiger partial charge in [0.2, 0.25) is 0 Å². The van der Waals surface area contributed by atoms with E-state index in [4.69, 9.17) is 20.4 Å². The summed E-state index contributed by atoms with van der Waals surface area (Å²) in [4.78, 5) is 0. The zero-order chi connectivity index (χ0) is 21.7. The van der Waals surface area contributed by atoms with Crippen molar-refractivity contribution in [3.63, 3.8) is 0 Å². The maximum absolute atomic E-state index is 4.93. The smallest absolute Gasteiger partial charge is 0.191 e. The van der Waals surface area contributed by atoms with E-state index >= 15 is 0 Å². The summed E-state index contributed by atoms with van der Waals surface area (Å²) >= 11 is 4.76. The molecule has 0 unspecified atom stereocenters. The van der Waals surface area contributed by atoms with E-state index in [0.717, 1.165) is 41.5 Å². The molecule has 2 aromatic heterocycles. The lowest BCUT2D eigenvalue weighted by Gasteiger charge is -2.05. The molecule has 0 amide bonds. The minimum absolute atomic E-state index is 0.539. The molecule has 0 radical (unpaired) electrons. The van der Waals surface area contributed by atoms with Crippen LogP contribution in [0.4, 0.5) is 11.6 Å². The highest BCUT2D eigenvalue weighted by Crippen LogP contribution is 2.46. The molecule has 160 valence electrons. The highest BCUT2D eigenvalue weighted by atomic mass is 127. The maximum Gasteiger partial charge on any atom is 0.191 e. The van der Waals surface area contributed by atoms with E-state index in [2.05, 4.69) is 69.4 Å². The fourth-order valence-corrected chi connectivity index (χ4v) is 5.58. The van der Waals surface area contributed by atoms with Gasteiger partial charge in [-0.1, -0.05) is 36.4 Å². The second-order valence-corrected chi connectivity index (χ2v) is 10.4. The van der Waals surface area contributed by atoms with Crippen LogP contribution in [-0.2, 0) is 0 Å². The molecule has 0 N–H and O–H groups in total. The lowest BCUT2D eigenvalue weighted by atomic mass is 10.3. The molecule has 2 aliphatic carbocycles. The average molecular weight is 646 g/mol.